The number of rotatable bonds is 4. The maximum atomic E-state index is 11.2. The third-order valence-corrected chi connectivity index (χ3v) is 5.62. The molecule has 8 heteroatoms. The van der Waals surface area contributed by atoms with Crippen molar-refractivity contribution in [2.45, 2.75) is 25.0 Å². The van der Waals surface area contributed by atoms with Crippen LogP contribution in [0.1, 0.15) is 39.5 Å². The number of hydrogen-bond acceptors (Lipinski definition) is 7. The van der Waals surface area contributed by atoms with Gasteiger partial charge in [-0.1, -0.05) is 23.4 Å². The van der Waals surface area contributed by atoms with E-state index in [1.54, 1.807) is 36.7 Å². The lowest BCUT2D eigenvalue weighted by atomic mass is 10.0. The molecule has 2 aromatic carbocycles. The van der Waals surface area contributed by atoms with Crippen molar-refractivity contribution >= 4 is 29.4 Å². The van der Waals surface area contributed by atoms with Crippen LogP contribution in [0.3, 0.4) is 0 Å². The van der Waals surface area contributed by atoms with Crippen molar-refractivity contribution in [1.29, 1.82) is 0 Å². The number of oxime groups is 1. The van der Waals surface area contributed by atoms with Gasteiger partial charge < -0.3 is 20.5 Å². The van der Waals surface area contributed by atoms with Crippen molar-refractivity contribution in [3.63, 3.8) is 0 Å². The minimum Gasteiger partial charge on any atom is -0.478 e. The van der Waals surface area contributed by atoms with Crippen LogP contribution in [-0.2, 0) is 6.42 Å². The van der Waals surface area contributed by atoms with Crippen molar-refractivity contribution in [3.05, 3.63) is 77.1 Å². The van der Waals surface area contributed by atoms with Gasteiger partial charge in [0, 0.05) is 23.7 Å². The average molecular weight is 401 g/mol. The van der Waals surface area contributed by atoms with Gasteiger partial charge in [0.1, 0.15) is 18.0 Å². The molecule has 2 unspecified atom stereocenters. The summed E-state index contributed by atoms with van der Waals surface area (Å²) in [5.41, 5.74) is 4.94. The molecule has 3 aliphatic rings. The maximum Gasteiger partial charge on any atom is 0.335 e. The van der Waals surface area contributed by atoms with Gasteiger partial charge in [-0.25, -0.2) is 4.79 Å². The van der Waals surface area contributed by atoms with Crippen LogP contribution in [-0.4, -0.2) is 45.1 Å². The number of fused-ring (bicyclic) bond motifs is 2. The van der Waals surface area contributed by atoms with Crippen LogP contribution in [0.15, 0.2) is 70.0 Å². The number of carbonyl (C=O) groups is 1. The van der Waals surface area contributed by atoms with E-state index in [0.29, 0.717) is 0 Å². The van der Waals surface area contributed by atoms with Crippen LogP contribution in [0.4, 0.5) is 5.69 Å². The summed E-state index contributed by atoms with van der Waals surface area (Å²) in [6.45, 7) is 0. The third-order valence-electron chi connectivity index (χ3n) is 5.62. The summed E-state index contributed by atoms with van der Waals surface area (Å²) >= 11 is 0. The van der Waals surface area contributed by atoms with Crippen LogP contribution in [0.2, 0.25) is 0 Å². The first-order valence-corrected chi connectivity index (χ1v) is 9.64. The highest BCUT2D eigenvalue weighted by Gasteiger charge is 2.36. The molecule has 0 saturated heterocycles. The van der Waals surface area contributed by atoms with Gasteiger partial charge in [0.15, 0.2) is 0 Å². The monoisotopic (exact) mass is 401 g/mol. The van der Waals surface area contributed by atoms with Crippen LogP contribution >= 0.6 is 0 Å². The van der Waals surface area contributed by atoms with E-state index in [-0.39, 0.29) is 17.8 Å². The van der Waals surface area contributed by atoms with Gasteiger partial charge in [0.05, 0.1) is 17.5 Å². The van der Waals surface area contributed by atoms with Gasteiger partial charge in [0.25, 0.3) is 0 Å². The number of carboxylic acid groups (broad SMARTS) is 1. The predicted octanol–water partition coefficient (Wildman–Crippen LogP) is 3.26. The van der Waals surface area contributed by atoms with E-state index in [9.17, 15) is 9.90 Å². The fourth-order valence-corrected chi connectivity index (χ4v) is 4.13. The summed E-state index contributed by atoms with van der Waals surface area (Å²) in [6, 6.07) is 12.6. The predicted molar refractivity (Wildman–Crippen MR) is 114 cm³/mol. The molecule has 5 rings (SSSR count). The molecule has 0 bridgehead atoms. The number of anilines is 1. The van der Waals surface area contributed by atoms with E-state index in [1.165, 1.54) is 0 Å². The quantitative estimate of drug-likeness (QED) is 0.538. The lowest BCUT2D eigenvalue weighted by Crippen LogP contribution is -2.40. The Kier molecular flexibility index (Phi) is 4.31. The first-order chi connectivity index (χ1) is 14.6. The fourth-order valence-electron chi connectivity index (χ4n) is 4.13. The van der Waals surface area contributed by atoms with Gasteiger partial charge in [0.2, 0.25) is 0 Å². The molecule has 3 N–H and O–H groups in total. The van der Waals surface area contributed by atoms with Crippen molar-refractivity contribution in [3.8, 4) is 0 Å². The number of aromatic carboxylic acids is 1. The van der Waals surface area contributed by atoms with Crippen LogP contribution in [0.25, 0.3) is 0 Å². The molecule has 0 radical (unpaired) electrons. The summed E-state index contributed by atoms with van der Waals surface area (Å²) in [5, 5.41) is 25.3. The third kappa shape index (κ3) is 3.02. The second kappa shape index (κ2) is 7.14. The minimum atomic E-state index is -0.953. The first-order valence-electron chi connectivity index (χ1n) is 9.64. The van der Waals surface area contributed by atoms with Crippen LogP contribution in [0, 0.1) is 0 Å². The van der Waals surface area contributed by atoms with Gasteiger partial charge >= 0.3 is 5.97 Å². The van der Waals surface area contributed by atoms with Crippen LogP contribution in [0.5, 0.6) is 0 Å². The number of hydrogen-bond donors (Lipinski definition) is 3. The Morgan fingerprint density at radius 3 is 2.77 bits per heavy atom. The Morgan fingerprint density at radius 1 is 1.17 bits per heavy atom. The second-order valence-corrected chi connectivity index (χ2v) is 7.35. The molecule has 8 nitrogen and oxygen atoms in total. The van der Waals surface area contributed by atoms with Crippen molar-refractivity contribution < 1.29 is 15.1 Å². The summed E-state index contributed by atoms with van der Waals surface area (Å²) in [5.74, 6) is -0.205. The summed E-state index contributed by atoms with van der Waals surface area (Å²) < 4.78 is 0. The van der Waals surface area contributed by atoms with E-state index in [4.69, 9.17) is 10.2 Å². The molecular formula is C22H19N5O3. The van der Waals surface area contributed by atoms with Gasteiger partial charge in [-0.05, 0) is 48.2 Å². The smallest absolute Gasteiger partial charge is 0.335 e. The molecular weight excluding hydrogens is 382 g/mol. The summed E-state index contributed by atoms with van der Waals surface area (Å²) in [4.78, 5) is 22.2. The molecule has 150 valence electrons. The summed E-state index contributed by atoms with van der Waals surface area (Å²) in [6.07, 6.45) is 6.70. The molecule has 2 atom stereocenters. The number of aryl methyl sites for hydroxylation is 1. The number of carboxylic acids is 1. The van der Waals surface area contributed by atoms with Gasteiger partial charge in [-0.3, -0.25) is 9.98 Å². The van der Waals surface area contributed by atoms with Gasteiger partial charge in [-0.15, -0.1) is 0 Å². The number of benzene rings is 2. The largest absolute Gasteiger partial charge is 0.478 e. The first kappa shape index (κ1) is 18.1. The number of aliphatic imine (C=N–C) groups is 2. The van der Waals surface area contributed by atoms with E-state index in [1.807, 2.05) is 23.2 Å². The van der Waals surface area contributed by atoms with Gasteiger partial charge in [-0.2, -0.15) is 0 Å². The Morgan fingerprint density at radius 2 is 2.00 bits per heavy atom. The Labute approximate surface area is 172 Å². The second-order valence-electron chi connectivity index (χ2n) is 7.35. The minimum absolute atomic E-state index is 0.191. The average Bonchev–Trinajstić information content (AvgIpc) is 3.35. The van der Waals surface area contributed by atoms with Crippen molar-refractivity contribution in [2.24, 2.45) is 15.1 Å². The molecule has 0 aromatic heterocycles. The van der Waals surface area contributed by atoms with E-state index in [2.05, 4.69) is 21.5 Å². The molecule has 0 fully saturated rings. The molecule has 30 heavy (non-hydrogen) atoms. The normalized spacial score (nSPS) is 22.7. The number of nitrogens with one attached hydrogen (secondary N) is 1. The Hall–Kier alpha value is -3.94. The highest BCUT2D eigenvalue weighted by molar-refractivity contribution is 6.31. The number of nitrogens with zero attached hydrogens (tertiary/aromatic N) is 4. The highest BCUT2D eigenvalue weighted by atomic mass is 16.4. The number of amidine groups is 1. The molecule has 0 saturated carbocycles. The van der Waals surface area contributed by atoms with Crippen LogP contribution < -0.4 is 5.32 Å². The topological polar surface area (TPSA) is 110 Å². The van der Waals surface area contributed by atoms with Crippen molar-refractivity contribution in [2.75, 3.05) is 5.32 Å². The van der Waals surface area contributed by atoms with Crippen molar-refractivity contribution in [1.82, 2.24) is 4.90 Å². The molecule has 2 aromatic rings. The standard InChI is InChI=1S/C22H19N5O3/c28-22(29)14-3-1-13(2-4-14)20-21(27-10-9-23-12-19(27)25-20)24-16-6-7-17-15(11-16)5-8-18(17)26-30/h1-4,6-7,9-12,20-21,24,30H,5,8H2,(H,28,29)/b26-18+. The zero-order chi connectivity index (χ0) is 20.7. The zero-order valence-corrected chi connectivity index (χ0v) is 15.9. The fraction of sp³-hybridized carbons (Fsp3) is 0.182. The Balaban J connectivity index is 1.46. The van der Waals surface area contributed by atoms with E-state index in [0.717, 1.165) is 46.8 Å². The zero-order valence-electron chi connectivity index (χ0n) is 15.9. The Bertz CT molecular complexity index is 1130. The molecule has 1 aliphatic carbocycles. The molecule has 0 spiro atoms. The lowest BCUT2D eigenvalue weighted by Gasteiger charge is -2.29. The highest BCUT2D eigenvalue weighted by Crippen LogP contribution is 2.34. The SMILES string of the molecule is O=C(O)c1ccc(C2N=C3C=NC=CN3C2Nc2ccc3c(c2)CC/C3=N\O)cc1. The summed E-state index contributed by atoms with van der Waals surface area (Å²) in [7, 11) is 0. The molecule has 2 aliphatic heterocycles. The maximum absolute atomic E-state index is 11.2. The van der Waals surface area contributed by atoms with E-state index >= 15 is 0 Å². The van der Waals surface area contributed by atoms with E-state index < -0.39 is 5.97 Å². The molecule has 2 heterocycles. The lowest BCUT2D eigenvalue weighted by molar-refractivity contribution is 0.0697. The molecule has 0 amide bonds.